The molecule has 0 radical (unpaired) electrons. The van der Waals surface area contributed by atoms with E-state index in [0.717, 1.165) is 6.54 Å². The number of aryl methyl sites for hydroxylation is 3. The van der Waals surface area contributed by atoms with Crippen molar-refractivity contribution < 1.29 is 4.84 Å². The van der Waals surface area contributed by atoms with Crippen LogP contribution in [0.15, 0.2) is 12.1 Å². The highest BCUT2D eigenvalue weighted by Gasteiger charge is 2.15. The number of benzene rings is 1. The first-order chi connectivity index (χ1) is 8.16. The highest BCUT2D eigenvalue weighted by atomic mass is 16.7. The Morgan fingerprint density at radius 3 is 2.29 bits per heavy atom. The Labute approximate surface area is 104 Å². The molecule has 0 bridgehead atoms. The van der Waals surface area contributed by atoms with E-state index >= 15 is 0 Å². The molecule has 1 aliphatic carbocycles. The third kappa shape index (κ3) is 3.30. The van der Waals surface area contributed by atoms with Crippen LogP contribution in [0.25, 0.3) is 0 Å². The first kappa shape index (κ1) is 12.6. The van der Waals surface area contributed by atoms with Crippen molar-refractivity contribution in [1.29, 1.82) is 0 Å². The fraction of sp³-hybridized carbons (Fsp3) is 0.600. The van der Waals surface area contributed by atoms with Gasteiger partial charge in [-0.05, 0) is 50.3 Å². The molecule has 0 amide bonds. The zero-order valence-corrected chi connectivity index (χ0v) is 11.2. The molecule has 0 saturated heterocycles. The van der Waals surface area contributed by atoms with Gasteiger partial charge in [-0.2, -0.15) is 5.48 Å². The van der Waals surface area contributed by atoms with Crippen molar-refractivity contribution in [3.05, 3.63) is 34.4 Å². The van der Waals surface area contributed by atoms with Gasteiger partial charge in [-0.25, -0.2) is 0 Å². The van der Waals surface area contributed by atoms with Crippen LogP contribution >= 0.6 is 0 Å². The minimum absolute atomic E-state index is 0.432. The molecule has 1 saturated carbocycles. The topological polar surface area (TPSA) is 21.3 Å². The van der Waals surface area contributed by atoms with Gasteiger partial charge in [-0.3, -0.25) is 4.84 Å². The van der Waals surface area contributed by atoms with Crippen LogP contribution in [0.2, 0.25) is 0 Å². The Balaban J connectivity index is 1.89. The molecular weight excluding hydrogens is 210 g/mol. The van der Waals surface area contributed by atoms with Gasteiger partial charge in [-0.1, -0.05) is 30.5 Å². The Hall–Kier alpha value is -0.860. The lowest BCUT2D eigenvalue weighted by atomic mass is 10.0. The molecule has 0 aliphatic heterocycles. The van der Waals surface area contributed by atoms with Crippen LogP contribution in [0.4, 0.5) is 0 Å². The molecule has 1 aromatic carbocycles. The van der Waals surface area contributed by atoms with Crippen LogP contribution in [0.1, 0.15) is 47.9 Å². The molecule has 2 rings (SSSR count). The minimum atomic E-state index is 0.432. The first-order valence-corrected chi connectivity index (χ1v) is 6.62. The van der Waals surface area contributed by atoms with E-state index in [2.05, 4.69) is 38.4 Å². The van der Waals surface area contributed by atoms with E-state index in [0.29, 0.717) is 6.10 Å². The smallest absolute Gasteiger partial charge is 0.0790 e. The van der Waals surface area contributed by atoms with Crippen LogP contribution in [0.5, 0.6) is 0 Å². The molecule has 0 heterocycles. The van der Waals surface area contributed by atoms with Gasteiger partial charge in [-0.15, -0.1) is 0 Å². The summed E-state index contributed by atoms with van der Waals surface area (Å²) in [6.45, 7) is 7.31. The van der Waals surface area contributed by atoms with E-state index in [1.165, 1.54) is 47.9 Å². The molecule has 1 N–H and O–H groups in total. The molecule has 1 fully saturated rings. The minimum Gasteiger partial charge on any atom is -0.298 e. The SMILES string of the molecule is Cc1cc(C)c(CNOC2CCCC2)c(C)c1. The average molecular weight is 233 g/mol. The summed E-state index contributed by atoms with van der Waals surface area (Å²) < 4.78 is 0. The monoisotopic (exact) mass is 233 g/mol. The zero-order chi connectivity index (χ0) is 12.3. The van der Waals surface area contributed by atoms with Crippen LogP contribution in [0.3, 0.4) is 0 Å². The van der Waals surface area contributed by atoms with Crippen molar-refractivity contribution in [1.82, 2.24) is 5.48 Å². The van der Waals surface area contributed by atoms with Gasteiger partial charge in [0.25, 0.3) is 0 Å². The second-order valence-corrected chi connectivity index (χ2v) is 5.22. The van der Waals surface area contributed by atoms with Crippen LogP contribution in [-0.2, 0) is 11.4 Å². The Morgan fingerprint density at radius 2 is 1.71 bits per heavy atom. The molecule has 94 valence electrons. The van der Waals surface area contributed by atoms with E-state index in [1.807, 2.05) is 0 Å². The second kappa shape index (κ2) is 5.65. The summed E-state index contributed by atoms with van der Waals surface area (Å²) in [4.78, 5) is 5.70. The van der Waals surface area contributed by atoms with E-state index in [-0.39, 0.29) is 0 Å². The predicted molar refractivity (Wildman–Crippen MR) is 70.8 cm³/mol. The lowest BCUT2D eigenvalue weighted by Gasteiger charge is -2.15. The highest BCUT2D eigenvalue weighted by molar-refractivity contribution is 5.37. The summed E-state index contributed by atoms with van der Waals surface area (Å²) in [5, 5.41) is 0. The average Bonchev–Trinajstić information content (AvgIpc) is 2.74. The molecule has 1 aliphatic rings. The molecular formula is C15H23NO. The number of rotatable bonds is 4. The zero-order valence-electron chi connectivity index (χ0n) is 11.2. The largest absolute Gasteiger partial charge is 0.298 e. The number of nitrogens with one attached hydrogen (secondary N) is 1. The van der Waals surface area contributed by atoms with Gasteiger partial charge in [0.1, 0.15) is 0 Å². The van der Waals surface area contributed by atoms with Crippen molar-refractivity contribution in [3.63, 3.8) is 0 Å². The standard InChI is InChI=1S/C15H23NO/c1-11-8-12(2)15(13(3)9-11)10-16-17-14-6-4-5-7-14/h8-9,14,16H,4-7,10H2,1-3H3. The van der Waals surface area contributed by atoms with Gasteiger partial charge in [0.15, 0.2) is 0 Å². The number of hydroxylamine groups is 1. The van der Waals surface area contributed by atoms with Gasteiger partial charge >= 0.3 is 0 Å². The third-order valence-corrected chi connectivity index (χ3v) is 3.64. The molecule has 2 heteroatoms. The fourth-order valence-corrected chi connectivity index (χ4v) is 2.73. The van der Waals surface area contributed by atoms with Gasteiger partial charge in [0.05, 0.1) is 6.10 Å². The molecule has 1 aromatic rings. The molecule has 0 atom stereocenters. The predicted octanol–water partition coefficient (Wildman–Crippen LogP) is 3.58. The maximum Gasteiger partial charge on any atom is 0.0790 e. The van der Waals surface area contributed by atoms with Gasteiger partial charge in [0, 0.05) is 6.54 Å². The summed E-state index contributed by atoms with van der Waals surface area (Å²) in [6, 6.07) is 4.47. The number of hydrogen-bond acceptors (Lipinski definition) is 2. The van der Waals surface area contributed by atoms with Crippen LogP contribution in [-0.4, -0.2) is 6.10 Å². The third-order valence-electron chi connectivity index (χ3n) is 3.64. The summed E-state index contributed by atoms with van der Waals surface area (Å²) in [6.07, 6.45) is 5.47. The summed E-state index contributed by atoms with van der Waals surface area (Å²) in [7, 11) is 0. The van der Waals surface area contributed by atoms with E-state index in [4.69, 9.17) is 4.84 Å². The van der Waals surface area contributed by atoms with Crippen molar-refractivity contribution in [2.45, 2.75) is 59.1 Å². The van der Waals surface area contributed by atoms with Crippen molar-refractivity contribution in [3.8, 4) is 0 Å². The van der Waals surface area contributed by atoms with Crippen molar-refractivity contribution in [2.75, 3.05) is 0 Å². The maximum absolute atomic E-state index is 5.70. The van der Waals surface area contributed by atoms with Crippen molar-refractivity contribution >= 4 is 0 Å². The fourth-order valence-electron chi connectivity index (χ4n) is 2.73. The Kier molecular flexibility index (Phi) is 4.19. The quantitative estimate of drug-likeness (QED) is 0.803. The molecule has 0 aromatic heterocycles. The molecule has 17 heavy (non-hydrogen) atoms. The van der Waals surface area contributed by atoms with E-state index in [1.54, 1.807) is 0 Å². The van der Waals surface area contributed by atoms with Gasteiger partial charge < -0.3 is 0 Å². The Morgan fingerprint density at radius 1 is 1.12 bits per heavy atom. The van der Waals surface area contributed by atoms with Crippen LogP contribution < -0.4 is 5.48 Å². The number of hydrogen-bond donors (Lipinski definition) is 1. The normalized spacial score (nSPS) is 16.6. The molecule has 2 nitrogen and oxygen atoms in total. The van der Waals surface area contributed by atoms with Gasteiger partial charge in [0.2, 0.25) is 0 Å². The highest BCUT2D eigenvalue weighted by Crippen LogP contribution is 2.20. The van der Waals surface area contributed by atoms with Crippen molar-refractivity contribution in [2.24, 2.45) is 0 Å². The molecule has 0 spiro atoms. The Bertz CT molecular complexity index is 358. The summed E-state index contributed by atoms with van der Waals surface area (Å²) in [5.74, 6) is 0. The summed E-state index contributed by atoms with van der Waals surface area (Å²) in [5.41, 5.74) is 8.55. The van der Waals surface area contributed by atoms with E-state index < -0.39 is 0 Å². The van der Waals surface area contributed by atoms with E-state index in [9.17, 15) is 0 Å². The second-order valence-electron chi connectivity index (χ2n) is 5.22. The van der Waals surface area contributed by atoms with Crippen LogP contribution in [0, 0.1) is 20.8 Å². The lowest BCUT2D eigenvalue weighted by molar-refractivity contribution is -0.0245. The summed E-state index contributed by atoms with van der Waals surface area (Å²) >= 11 is 0. The lowest BCUT2D eigenvalue weighted by Crippen LogP contribution is -2.22. The molecule has 0 unspecified atom stereocenters. The maximum atomic E-state index is 5.70. The first-order valence-electron chi connectivity index (χ1n) is 6.62.